The maximum atomic E-state index is 13.0. The lowest BCUT2D eigenvalue weighted by Crippen LogP contribution is -2.33. The Hall–Kier alpha value is -2.36. The van der Waals surface area contributed by atoms with E-state index in [1.165, 1.54) is 4.90 Å². The fourth-order valence-corrected chi connectivity index (χ4v) is 4.00. The van der Waals surface area contributed by atoms with Gasteiger partial charge in [0, 0.05) is 11.9 Å². The minimum Gasteiger partial charge on any atom is -0.365 e. The second kappa shape index (κ2) is 4.83. The molecule has 1 aromatic carbocycles. The average molecular weight is 294 g/mol. The third-order valence-electron chi connectivity index (χ3n) is 5.07. The van der Waals surface area contributed by atoms with Gasteiger partial charge in [-0.1, -0.05) is 31.5 Å². The van der Waals surface area contributed by atoms with E-state index in [1.807, 2.05) is 42.6 Å². The van der Waals surface area contributed by atoms with Crippen LogP contribution in [0.15, 0.2) is 42.6 Å². The van der Waals surface area contributed by atoms with Crippen LogP contribution in [0.4, 0.5) is 5.69 Å². The number of nitrogens with one attached hydrogen (secondary N) is 1. The van der Waals surface area contributed by atoms with Gasteiger partial charge in [-0.25, -0.2) is 4.90 Å². The fourth-order valence-electron chi connectivity index (χ4n) is 4.00. The molecule has 112 valence electrons. The van der Waals surface area contributed by atoms with Crippen molar-refractivity contribution < 1.29 is 9.59 Å². The summed E-state index contributed by atoms with van der Waals surface area (Å²) in [5, 5.41) is 0. The maximum absolute atomic E-state index is 13.0. The zero-order valence-corrected chi connectivity index (χ0v) is 12.5. The standard InChI is InChI=1S/C18H18N2O2/c1-2-11-10-14-13(8-9-19-14)16-15(11)17(21)20(18(16)22)12-6-4-3-5-7-12/h3-9,11,15-16,19H,2,10H2,1H3/t11-,15-,16+/m0/s1. The molecule has 2 amide bonds. The Balaban J connectivity index is 1.83. The number of para-hydroxylation sites is 1. The van der Waals surface area contributed by atoms with Gasteiger partial charge in [0.15, 0.2) is 0 Å². The van der Waals surface area contributed by atoms with E-state index in [9.17, 15) is 9.59 Å². The Kier molecular flexibility index (Phi) is 2.93. The molecular weight excluding hydrogens is 276 g/mol. The lowest BCUT2D eigenvalue weighted by Gasteiger charge is -2.29. The van der Waals surface area contributed by atoms with E-state index < -0.39 is 0 Å². The van der Waals surface area contributed by atoms with Gasteiger partial charge < -0.3 is 4.98 Å². The molecule has 0 unspecified atom stereocenters. The molecule has 1 N–H and O–H groups in total. The molecule has 2 aliphatic rings. The summed E-state index contributed by atoms with van der Waals surface area (Å²) in [6.45, 7) is 2.10. The number of anilines is 1. The number of H-pyrrole nitrogens is 1. The predicted molar refractivity (Wildman–Crippen MR) is 83.4 cm³/mol. The number of carbonyl (C=O) groups excluding carboxylic acids is 2. The van der Waals surface area contributed by atoms with Gasteiger partial charge in [-0.05, 0) is 36.1 Å². The predicted octanol–water partition coefficient (Wildman–Crippen LogP) is 2.87. The number of fused-ring (bicyclic) bond motifs is 3. The second-order valence-corrected chi connectivity index (χ2v) is 6.13. The SMILES string of the molecule is CC[C@H]1Cc2[nH]ccc2[C@H]2C(=O)N(c3ccccc3)C(=O)[C@@H]12. The molecule has 2 aromatic rings. The first-order valence-electron chi connectivity index (χ1n) is 7.81. The van der Waals surface area contributed by atoms with E-state index in [-0.39, 0.29) is 29.6 Å². The van der Waals surface area contributed by atoms with Crippen molar-refractivity contribution in [2.75, 3.05) is 4.90 Å². The number of aromatic nitrogens is 1. The second-order valence-electron chi connectivity index (χ2n) is 6.13. The van der Waals surface area contributed by atoms with E-state index in [0.29, 0.717) is 5.69 Å². The van der Waals surface area contributed by atoms with Crippen molar-refractivity contribution in [2.24, 2.45) is 11.8 Å². The normalized spacial score (nSPS) is 27.0. The smallest absolute Gasteiger partial charge is 0.242 e. The summed E-state index contributed by atoms with van der Waals surface area (Å²) >= 11 is 0. The molecule has 4 rings (SSSR count). The molecule has 1 aromatic heterocycles. The van der Waals surface area contributed by atoms with Gasteiger partial charge in [-0.2, -0.15) is 0 Å². The Morgan fingerprint density at radius 2 is 1.91 bits per heavy atom. The zero-order chi connectivity index (χ0) is 15.3. The van der Waals surface area contributed by atoms with Crippen molar-refractivity contribution in [3.05, 3.63) is 53.9 Å². The molecule has 2 heterocycles. The highest BCUT2D eigenvalue weighted by atomic mass is 16.2. The van der Waals surface area contributed by atoms with Crippen LogP contribution in [0.1, 0.15) is 30.5 Å². The molecular formula is C18H18N2O2. The van der Waals surface area contributed by atoms with E-state index in [4.69, 9.17) is 0 Å². The van der Waals surface area contributed by atoms with Crippen LogP contribution in [0.25, 0.3) is 0 Å². The monoisotopic (exact) mass is 294 g/mol. The van der Waals surface area contributed by atoms with Crippen LogP contribution in [0.2, 0.25) is 0 Å². The minimum atomic E-state index is -0.326. The Morgan fingerprint density at radius 1 is 1.14 bits per heavy atom. The van der Waals surface area contributed by atoms with Crippen LogP contribution < -0.4 is 4.90 Å². The summed E-state index contributed by atoms with van der Waals surface area (Å²) in [5.41, 5.74) is 2.80. The van der Waals surface area contributed by atoms with Crippen LogP contribution in [0, 0.1) is 11.8 Å². The van der Waals surface area contributed by atoms with E-state index in [0.717, 1.165) is 24.1 Å². The first kappa shape index (κ1) is 13.3. The lowest BCUT2D eigenvalue weighted by atomic mass is 9.71. The molecule has 1 saturated heterocycles. The molecule has 4 heteroatoms. The summed E-state index contributed by atoms with van der Waals surface area (Å²) in [7, 11) is 0. The number of hydrogen-bond donors (Lipinski definition) is 1. The Labute approximate surface area is 129 Å². The van der Waals surface area contributed by atoms with Crippen LogP contribution in [-0.4, -0.2) is 16.8 Å². The first-order valence-corrected chi connectivity index (χ1v) is 7.81. The molecule has 0 saturated carbocycles. The highest BCUT2D eigenvalue weighted by molar-refractivity contribution is 6.24. The lowest BCUT2D eigenvalue weighted by molar-refractivity contribution is -0.123. The number of benzene rings is 1. The van der Waals surface area contributed by atoms with E-state index >= 15 is 0 Å². The molecule has 22 heavy (non-hydrogen) atoms. The van der Waals surface area contributed by atoms with E-state index in [1.54, 1.807) is 0 Å². The van der Waals surface area contributed by atoms with Crippen molar-refractivity contribution in [3.63, 3.8) is 0 Å². The van der Waals surface area contributed by atoms with Crippen molar-refractivity contribution in [1.29, 1.82) is 0 Å². The molecule has 0 spiro atoms. The van der Waals surface area contributed by atoms with Crippen LogP contribution in [0.3, 0.4) is 0 Å². The summed E-state index contributed by atoms with van der Waals surface area (Å²) in [6, 6.07) is 11.2. The molecule has 0 radical (unpaired) electrons. The van der Waals surface area contributed by atoms with Crippen LogP contribution in [0.5, 0.6) is 0 Å². The van der Waals surface area contributed by atoms with Crippen molar-refractivity contribution >= 4 is 17.5 Å². The number of imide groups is 1. The summed E-state index contributed by atoms with van der Waals surface area (Å²) in [6.07, 6.45) is 3.63. The van der Waals surface area contributed by atoms with Gasteiger partial charge in [0.1, 0.15) is 0 Å². The molecule has 0 bridgehead atoms. The van der Waals surface area contributed by atoms with Gasteiger partial charge in [-0.3, -0.25) is 9.59 Å². The zero-order valence-electron chi connectivity index (χ0n) is 12.5. The average Bonchev–Trinajstić information content (AvgIpc) is 3.10. The maximum Gasteiger partial charge on any atom is 0.242 e. The largest absolute Gasteiger partial charge is 0.365 e. The van der Waals surface area contributed by atoms with Crippen LogP contribution >= 0.6 is 0 Å². The van der Waals surface area contributed by atoms with E-state index in [2.05, 4.69) is 11.9 Å². The van der Waals surface area contributed by atoms with Crippen molar-refractivity contribution in [3.8, 4) is 0 Å². The molecule has 1 aliphatic carbocycles. The quantitative estimate of drug-likeness (QED) is 0.866. The van der Waals surface area contributed by atoms with Gasteiger partial charge in [0.2, 0.25) is 11.8 Å². The first-order chi connectivity index (χ1) is 10.7. The van der Waals surface area contributed by atoms with Gasteiger partial charge >= 0.3 is 0 Å². The molecule has 1 fully saturated rings. The summed E-state index contributed by atoms with van der Waals surface area (Å²) in [5.74, 6) is -0.449. The Morgan fingerprint density at radius 3 is 2.64 bits per heavy atom. The third kappa shape index (κ3) is 1.70. The highest BCUT2D eigenvalue weighted by Gasteiger charge is 2.54. The number of aromatic amines is 1. The topological polar surface area (TPSA) is 53.2 Å². The van der Waals surface area contributed by atoms with Crippen LogP contribution in [-0.2, 0) is 16.0 Å². The number of amides is 2. The van der Waals surface area contributed by atoms with Gasteiger partial charge in [-0.15, -0.1) is 0 Å². The minimum absolute atomic E-state index is 0.0418. The number of carbonyl (C=O) groups is 2. The number of nitrogens with zero attached hydrogens (tertiary/aromatic N) is 1. The summed E-state index contributed by atoms with van der Waals surface area (Å²) < 4.78 is 0. The van der Waals surface area contributed by atoms with Gasteiger partial charge in [0.05, 0.1) is 17.5 Å². The van der Waals surface area contributed by atoms with Gasteiger partial charge in [0.25, 0.3) is 0 Å². The molecule has 1 aliphatic heterocycles. The fraction of sp³-hybridized carbons (Fsp3) is 0.333. The highest BCUT2D eigenvalue weighted by Crippen LogP contribution is 2.47. The Bertz CT molecular complexity index is 735. The molecule has 3 atom stereocenters. The molecule has 4 nitrogen and oxygen atoms in total. The third-order valence-corrected chi connectivity index (χ3v) is 5.07. The van der Waals surface area contributed by atoms with Crippen molar-refractivity contribution in [2.45, 2.75) is 25.7 Å². The number of rotatable bonds is 2. The summed E-state index contributed by atoms with van der Waals surface area (Å²) in [4.78, 5) is 30.5. The number of hydrogen-bond acceptors (Lipinski definition) is 2. The van der Waals surface area contributed by atoms with Crippen molar-refractivity contribution in [1.82, 2.24) is 4.98 Å².